The number of carbonyl (C=O) groups excluding carboxylic acids is 2. The fourth-order valence-electron chi connectivity index (χ4n) is 4.82. The second-order valence-corrected chi connectivity index (χ2v) is 10.3. The molecule has 2 aromatic carbocycles. The van der Waals surface area contributed by atoms with Gasteiger partial charge in [-0.3, -0.25) is 9.59 Å². The van der Waals surface area contributed by atoms with Crippen molar-refractivity contribution in [3.05, 3.63) is 70.5 Å². The van der Waals surface area contributed by atoms with E-state index in [1.807, 2.05) is 48.5 Å². The fourth-order valence-corrected chi connectivity index (χ4v) is 4.95. The van der Waals surface area contributed by atoms with Gasteiger partial charge in [-0.15, -0.1) is 0 Å². The smallest absolute Gasteiger partial charge is 0.273 e. The van der Waals surface area contributed by atoms with Crippen LogP contribution < -0.4 is 32.0 Å². The molecule has 0 bridgehead atoms. The Morgan fingerprint density at radius 3 is 1.80 bits per heavy atom. The Morgan fingerprint density at radius 2 is 1.34 bits per heavy atom. The quantitative estimate of drug-likeness (QED) is 0.186. The summed E-state index contributed by atoms with van der Waals surface area (Å²) in [5.74, 6) is 0.522. The average molecular weight is 585 g/mol. The number of nitrogens with one attached hydrogen (secondary N) is 1. The van der Waals surface area contributed by atoms with Crippen LogP contribution in [0.25, 0.3) is 0 Å². The monoisotopic (exact) mass is 584 g/mol. The molecule has 0 saturated heterocycles. The summed E-state index contributed by atoms with van der Waals surface area (Å²) in [6, 6.07) is 15.9. The molecule has 220 valence electrons. The van der Waals surface area contributed by atoms with Crippen LogP contribution in [0.4, 0.5) is 11.6 Å². The lowest BCUT2D eigenvalue weighted by molar-refractivity contribution is -0.920. The van der Waals surface area contributed by atoms with Gasteiger partial charge in [0.1, 0.15) is 11.5 Å². The van der Waals surface area contributed by atoms with Crippen LogP contribution in [0.15, 0.2) is 48.5 Å². The number of carbonyl (C=O) groups is 2. The number of primary amides is 1. The number of rotatable bonds is 16. The summed E-state index contributed by atoms with van der Waals surface area (Å²) in [5.41, 5.74) is 19.5. The van der Waals surface area contributed by atoms with Gasteiger partial charge in [-0.2, -0.15) is 0 Å². The van der Waals surface area contributed by atoms with Crippen LogP contribution in [0.5, 0.6) is 11.5 Å². The number of nitrogen functional groups attached to an aromatic ring is 2. The fraction of sp³-hybridized carbons (Fsp3) is 0.379. The number of methoxy groups -OCH3 is 2. The van der Waals surface area contributed by atoms with E-state index in [1.54, 1.807) is 14.2 Å². The van der Waals surface area contributed by atoms with Crippen molar-refractivity contribution < 1.29 is 23.5 Å². The Labute approximate surface area is 245 Å². The predicted molar refractivity (Wildman–Crippen MR) is 160 cm³/mol. The van der Waals surface area contributed by atoms with Crippen molar-refractivity contribution in [3.8, 4) is 11.5 Å². The van der Waals surface area contributed by atoms with Crippen molar-refractivity contribution >= 4 is 35.1 Å². The molecule has 0 radical (unpaired) electrons. The van der Waals surface area contributed by atoms with Gasteiger partial charge in [0, 0.05) is 12.8 Å². The topological polar surface area (TPSA) is 168 Å². The first-order chi connectivity index (χ1) is 19.6. The van der Waals surface area contributed by atoms with Crippen molar-refractivity contribution in [2.24, 2.45) is 5.73 Å². The molecule has 11 nitrogen and oxygen atoms in total. The largest absolute Gasteiger partial charge is 0.497 e. The Hall–Kier alpha value is -4.09. The summed E-state index contributed by atoms with van der Waals surface area (Å²) in [7, 11) is 3.27. The molecule has 0 atom stereocenters. The van der Waals surface area contributed by atoms with Gasteiger partial charge < -0.3 is 36.5 Å². The molecule has 2 amide bonds. The number of nitrogens with two attached hydrogens (primary N) is 3. The number of aryl methyl sites for hydroxylation is 2. The van der Waals surface area contributed by atoms with Gasteiger partial charge in [-0.05, 0) is 48.2 Å². The highest BCUT2D eigenvalue weighted by molar-refractivity contribution is 6.31. The molecule has 0 aliphatic heterocycles. The summed E-state index contributed by atoms with van der Waals surface area (Å²) in [5, 5.41) is 2.74. The van der Waals surface area contributed by atoms with E-state index in [4.69, 9.17) is 38.3 Å². The van der Waals surface area contributed by atoms with Gasteiger partial charge in [0.2, 0.25) is 0 Å². The second-order valence-electron chi connectivity index (χ2n) is 9.93. The Kier molecular flexibility index (Phi) is 11.5. The highest BCUT2D eigenvalue weighted by Gasteiger charge is 2.29. The minimum absolute atomic E-state index is 0.0495. The highest BCUT2D eigenvalue weighted by Crippen LogP contribution is 2.19. The van der Waals surface area contributed by atoms with E-state index in [0.29, 0.717) is 24.1 Å². The van der Waals surface area contributed by atoms with Crippen LogP contribution in [-0.2, 0) is 17.6 Å². The number of aromatic nitrogens is 2. The van der Waals surface area contributed by atoms with Crippen LogP contribution in [0.3, 0.4) is 0 Å². The maximum atomic E-state index is 12.8. The molecule has 12 heteroatoms. The van der Waals surface area contributed by atoms with Gasteiger partial charge in [0.25, 0.3) is 11.8 Å². The molecular weight excluding hydrogens is 546 g/mol. The van der Waals surface area contributed by atoms with E-state index in [9.17, 15) is 9.59 Å². The van der Waals surface area contributed by atoms with Crippen LogP contribution >= 0.6 is 11.6 Å². The normalized spacial score (nSPS) is 11.2. The van der Waals surface area contributed by atoms with Gasteiger partial charge in [0.15, 0.2) is 29.0 Å². The maximum absolute atomic E-state index is 12.8. The zero-order chi connectivity index (χ0) is 29.8. The molecule has 0 unspecified atom stereocenters. The molecule has 3 rings (SSSR count). The first kappa shape index (κ1) is 31.4. The molecule has 0 aliphatic rings. The summed E-state index contributed by atoms with van der Waals surface area (Å²) < 4.78 is 10.9. The molecule has 0 spiro atoms. The number of ether oxygens (including phenoxy) is 2. The Morgan fingerprint density at radius 1 is 0.829 bits per heavy atom. The van der Waals surface area contributed by atoms with Crippen LogP contribution in [-0.4, -0.2) is 73.2 Å². The standard InChI is InChI=1S/C29H38ClN7O4/c1-40-22-11-7-20(8-12-22)5-3-16-37(19-24(31)38,17-4-6-21-9-13-23(41-2)14-10-21)18-15-34-29(39)25-27(32)36-28(33)26(30)35-25/h7-14H,3-6,15-19H2,1-2H3,(H6-,31,32,33,34,36,38,39)/p+1. The third kappa shape index (κ3) is 9.51. The minimum atomic E-state index is -0.523. The van der Waals surface area contributed by atoms with Crippen molar-refractivity contribution in [3.63, 3.8) is 0 Å². The van der Waals surface area contributed by atoms with Crippen LogP contribution in [0.1, 0.15) is 34.5 Å². The molecule has 3 aromatic rings. The van der Waals surface area contributed by atoms with Crippen LogP contribution in [0, 0.1) is 0 Å². The third-order valence-electron chi connectivity index (χ3n) is 7.00. The number of nitrogens with zero attached hydrogens (tertiary/aromatic N) is 3. The number of amides is 2. The zero-order valence-corrected chi connectivity index (χ0v) is 24.3. The second kappa shape index (κ2) is 15.1. The lowest BCUT2D eigenvalue weighted by Gasteiger charge is -2.38. The van der Waals surface area contributed by atoms with Gasteiger partial charge in [-0.1, -0.05) is 35.9 Å². The molecule has 41 heavy (non-hydrogen) atoms. The lowest BCUT2D eigenvalue weighted by atomic mass is 10.1. The molecule has 7 N–H and O–H groups in total. The first-order valence-electron chi connectivity index (χ1n) is 13.4. The van der Waals surface area contributed by atoms with Gasteiger partial charge in [0.05, 0.1) is 40.4 Å². The molecule has 0 fully saturated rings. The van der Waals surface area contributed by atoms with Crippen molar-refractivity contribution in [2.45, 2.75) is 25.7 Å². The van der Waals surface area contributed by atoms with Crippen LogP contribution in [0.2, 0.25) is 5.15 Å². The van der Waals surface area contributed by atoms with Gasteiger partial charge in [-0.25, -0.2) is 9.97 Å². The summed E-state index contributed by atoms with van der Waals surface area (Å²) in [6.45, 7) is 2.29. The zero-order valence-electron chi connectivity index (χ0n) is 23.6. The third-order valence-corrected chi connectivity index (χ3v) is 7.27. The van der Waals surface area contributed by atoms with E-state index in [-0.39, 0.29) is 35.6 Å². The summed E-state index contributed by atoms with van der Waals surface area (Å²) in [4.78, 5) is 33.0. The van der Waals surface area contributed by atoms with E-state index in [1.165, 1.54) is 11.1 Å². The minimum Gasteiger partial charge on any atom is -0.497 e. The Balaban J connectivity index is 1.72. The van der Waals surface area contributed by atoms with Crippen molar-refractivity contribution in [1.82, 2.24) is 15.3 Å². The maximum Gasteiger partial charge on any atom is 0.273 e. The number of halogens is 1. The van der Waals surface area contributed by atoms with Gasteiger partial charge >= 0.3 is 0 Å². The average Bonchev–Trinajstić information content (AvgIpc) is 2.95. The number of quaternary nitrogens is 1. The van der Waals surface area contributed by atoms with E-state index >= 15 is 0 Å². The number of hydrogen-bond acceptors (Lipinski definition) is 8. The Bertz CT molecular complexity index is 1250. The van der Waals surface area contributed by atoms with E-state index in [2.05, 4.69) is 15.3 Å². The molecule has 0 aliphatic carbocycles. The summed E-state index contributed by atoms with van der Waals surface area (Å²) >= 11 is 5.94. The SMILES string of the molecule is COc1ccc(CCC[N+](CCCc2ccc(OC)cc2)(CCNC(=O)c2nc(Cl)c(N)nc2N)CC(N)=O)cc1. The number of anilines is 2. The lowest BCUT2D eigenvalue weighted by Crippen LogP contribution is -2.57. The highest BCUT2D eigenvalue weighted by atomic mass is 35.5. The number of benzene rings is 2. The van der Waals surface area contributed by atoms with E-state index < -0.39 is 11.8 Å². The summed E-state index contributed by atoms with van der Waals surface area (Å²) in [6.07, 6.45) is 3.29. The predicted octanol–water partition coefficient (Wildman–Crippen LogP) is 2.61. The molecule has 1 aromatic heterocycles. The van der Waals surface area contributed by atoms with E-state index in [0.717, 1.165) is 37.2 Å². The molecular formula is C29H39ClN7O4+. The molecule has 1 heterocycles. The van der Waals surface area contributed by atoms with Crippen molar-refractivity contribution in [1.29, 1.82) is 0 Å². The van der Waals surface area contributed by atoms with Crippen molar-refractivity contribution in [2.75, 3.05) is 58.4 Å². The molecule has 0 saturated carbocycles. The first-order valence-corrected chi connectivity index (χ1v) is 13.8. The number of hydrogen-bond donors (Lipinski definition) is 4.